The number of rotatable bonds is 13. The van der Waals surface area contributed by atoms with Crippen molar-refractivity contribution < 1.29 is 53.5 Å². The van der Waals surface area contributed by atoms with Gasteiger partial charge in [-0.1, -0.05) is 0 Å². The third kappa shape index (κ3) is 6.62. The molecule has 1 N–H and O–H groups in total. The topological polar surface area (TPSA) is 135 Å². The maximum absolute atomic E-state index is 11.0. The molecule has 1 aliphatic heterocycles. The van der Waals surface area contributed by atoms with Crippen LogP contribution in [0.25, 0.3) is 0 Å². The Kier molecular flexibility index (Phi) is 7.43. The molecule has 0 spiro atoms. The van der Waals surface area contributed by atoms with Crippen LogP contribution in [0.4, 0.5) is 0 Å². The summed E-state index contributed by atoms with van der Waals surface area (Å²) >= 11 is 2.83. The second kappa shape index (κ2) is 11.5. The maximum atomic E-state index is 11.0. The van der Waals surface area contributed by atoms with Crippen LogP contribution in [0.1, 0.15) is 5.48 Å². The lowest BCUT2D eigenvalue weighted by Gasteiger charge is -2.47. The molecule has 0 saturated carbocycles. The zero-order valence-corrected chi connectivity index (χ0v) is 14.4. The van der Waals surface area contributed by atoms with Gasteiger partial charge in [-0.15, -0.1) is 0 Å². The molecule has 0 bridgehead atoms. The van der Waals surface area contributed by atoms with E-state index in [9.17, 15) is 24.3 Å². The fraction of sp³-hybridized carbons (Fsp3) is 0.714. The van der Waals surface area contributed by atoms with Gasteiger partial charge in [0.05, 0.1) is 6.61 Å². The van der Waals surface area contributed by atoms with E-state index in [0.29, 0.717) is 0 Å². The average molecular weight is 431 g/mol. The molecule has 0 aromatic carbocycles. The molecular formula is C14H19BrO10. The van der Waals surface area contributed by atoms with Crippen molar-refractivity contribution in [2.24, 2.45) is 0 Å². The summed E-state index contributed by atoms with van der Waals surface area (Å²) in [5, 5.41) is 10.5. The zero-order valence-electron chi connectivity index (χ0n) is 16.8. The quantitative estimate of drug-likeness (QED) is 0.268. The number of carbonyl (C=O) groups excluding carboxylic acids is 4. The van der Waals surface area contributed by atoms with Gasteiger partial charge >= 0.3 is 0 Å². The molecule has 1 unspecified atom stereocenters. The number of aldehydes is 4. The first-order chi connectivity index (χ1) is 13.4. The van der Waals surface area contributed by atoms with Crippen LogP contribution >= 0.6 is 15.9 Å². The van der Waals surface area contributed by atoms with Crippen LogP contribution in [0.2, 0.25) is 0 Å². The highest BCUT2D eigenvalue weighted by atomic mass is 79.9. The third-order valence-electron chi connectivity index (χ3n) is 3.09. The van der Waals surface area contributed by atoms with Gasteiger partial charge in [-0.25, -0.2) is 0 Å². The van der Waals surface area contributed by atoms with Crippen LogP contribution in [0.5, 0.6) is 0 Å². The fourth-order valence-corrected chi connectivity index (χ4v) is 2.88. The first-order valence-electron chi connectivity index (χ1n) is 8.93. The SMILES string of the molecule is [2H]C(=O)COC[C@H]1OC(O)(Br)[C@H](OCC([2H])=O)[C@@H](OCC([2H])=O)[C@@H]1OCC([2H])=O. The van der Waals surface area contributed by atoms with Crippen molar-refractivity contribution in [3.8, 4) is 0 Å². The summed E-state index contributed by atoms with van der Waals surface area (Å²) in [6.45, 7) is -3.38. The van der Waals surface area contributed by atoms with Gasteiger partial charge in [-0.3, -0.25) is 0 Å². The number of halogens is 1. The predicted octanol–water partition coefficient (Wildman–Crippen LogP) is -1.61. The fourth-order valence-electron chi connectivity index (χ4n) is 2.24. The summed E-state index contributed by atoms with van der Waals surface area (Å²) in [5.41, 5.74) is 0. The first kappa shape index (κ1) is 16.1. The highest BCUT2D eigenvalue weighted by Gasteiger charge is 2.55. The van der Waals surface area contributed by atoms with E-state index in [4.69, 9.17) is 29.2 Å². The number of aliphatic hydroxyl groups is 1. The molecule has 1 heterocycles. The largest absolute Gasteiger partial charge is 0.371 e. The van der Waals surface area contributed by atoms with Crippen molar-refractivity contribution in [1.29, 1.82) is 0 Å². The van der Waals surface area contributed by atoms with E-state index >= 15 is 0 Å². The molecule has 10 nitrogen and oxygen atoms in total. The Bertz CT molecular complexity index is 619. The molecule has 0 aromatic rings. The summed E-state index contributed by atoms with van der Waals surface area (Å²) in [6, 6.07) is 0. The molecule has 0 aromatic heterocycles. The predicted molar refractivity (Wildman–Crippen MR) is 83.0 cm³/mol. The van der Waals surface area contributed by atoms with E-state index in [1.165, 1.54) is 0 Å². The smallest absolute Gasteiger partial charge is 0.254 e. The van der Waals surface area contributed by atoms with Crippen LogP contribution in [-0.4, -0.2) is 92.3 Å². The van der Waals surface area contributed by atoms with Gasteiger partial charge in [-0.05, 0) is 15.9 Å². The lowest BCUT2D eigenvalue weighted by molar-refractivity contribution is -0.320. The summed E-state index contributed by atoms with van der Waals surface area (Å²) in [7, 11) is 0. The second-order valence-electron chi connectivity index (χ2n) is 4.64. The normalized spacial score (nSPS) is 34.3. The monoisotopic (exact) mass is 430 g/mol. The van der Waals surface area contributed by atoms with E-state index < -0.39 is 87.2 Å². The van der Waals surface area contributed by atoms with Crippen molar-refractivity contribution in [3.63, 3.8) is 0 Å². The lowest BCUT2D eigenvalue weighted by atomic mass is 9.98. The summed E-state index contributed by atoms with van der Waals surface area (Å²) in [6.07, 6.45) is -10.0. The van der Waals surface area contributed by atoms with E-state index in [1.807, 2.05) is 0 Å². The zero-order chi connectivity index (χ0) is 22.2. The van der Waals surface area contributed by atoms with Gasteiger partial charge in [0, 0.05) is 0 Å². The number of hydrogen-bond acceptors (Lipinski definition) is 10. The van der Waals surface area contributed by atoms with Crippen LogP contribution in [0.15, 0.2) is 0 Å². The molecule has 142 valence electrons. The Morgan fingerprint density at radius 3 is 2.04 bits per heavy atom. The number of alkyl halides is 1. The molecule has 11 heteroatoms. The van der Waals surface area contributed by atoms with Crippen molar-refractivity contribution in [2.75, 3.05) is 33.0 Å². The molecule has 5 atom stereocenters. The lowest BCUT2D eigenvalue weighted by Crippen LogP contribution is -2.65. The minimum atomic E-state index is -2.35. The standard InChI is InChI=1S/C14H19BrO10/c15-14(20)13(24-8-4-19)12(23-7-3-18)11(22-6-2-17)10(25-14)9-21-5-1-16/h1-4,10-13,20H,5-9H2/t10-,11-,12+,13-,14?/m1/s1/i1D,2D,3D,4D. The van der Waals surface area contributed by atoms with Gasteiger partial charge in [0.25, 0.3) is 4.70 Å². The molecule has 0 amide bonds. The average Bonchev–Trinajstić information content (AvgIpc) is 2.56. The molecular weight excluding hydrogens is 408 g/mol. The number of carbonyl (C=O) groups is 4. The molecule has 1 saturated heterocycles. The molecule has 0 radical (unpaired) electrons. The second-order valence-corrected chi connectivity index (χ2v) is 5.78. The molecule has 1 rings (SSSR count). The molecule has 1 aliphatic rings. The van der Waals surface area contributed by atoms with E-state index in [1.54, 1.807) is 0 Å². The van der Waals surface area contributed by atoms with Crippen molar-refractivity contribution in [1.82, 2.24) is 0 Å². The van der Waals surface area contributed by atoms with Crippen molar-refractivity contribution >= 4 is 41.0 Å². The Morgan fingerprint density at radius 1 is 0.960 bits per heavy atom. The van der Waals surface area contributed by atoms with Crippen LogP contribution in [0.3, 0.4) is 0 Å². The highest BCUT2D eigenvalue weighted by Crippen LogP contribution is 2.37. The van der Waals surface area contributed by atoms with E-state index in [0.717, 1.165) is 0 Å². The van der Waals surface area contributed by atoms with Crippen molar-refractivity contribution in [3.05, 3.63) is 0 Å². The minimum absolute atomic E-state index is 0.436. The van der Waals surface area contributed by atoms with Gasteiger partial charge in [0.2, 0.25) is 0 Å². The summed E-state index contributed by atoms with van der Waals surface area (Å²) in [5.74, 6) is 0. The Hall–Kier alpha value is -1.08. The first-order valence-corrected chi connectivity index (χ1v) is 7.72. The highest BCUT2D eigenvalue weighted by molar-refractivity contribution is 9.10. The van der Waals surface area contributed by atoms with Crippen LogP contribution < -0.4 is 0 Å². The van der Waals surface area contributed by atoms with Crippen LogP contribution in [0, 0.1) is 0 Å². The van der Waals surface area contributed by atoms with Gasteiger partial charge in [0.15, 0.2) is 6.10 Å². The Morgan fingerprint density at radius 2 is 1.48 bits per heavy atom. The molecule has 0 aliphatic carbocycles. The molecule has 25 heavy (non-hydrogen) atoms. The number of hydrogen-bond donors (Lipinski definition) is 1. The van der Waals surface area contributed by atoms with E-state index in [2.05, 4.69) is 15.9 Å². The summed E-state index contributed by atoms with van der Waals surface area (Å²) < 4.78 is 51.4. The summed E-state index contributed by atoms with van der Waals surface area (Å²) in [4.78, 5) is 43.7. The third-order valence-corrected chi connectivity index (χ3v) is 3.73. The van der Waals surface area contributed by atoms with Gasteiger partial charge in [0.1, 0.15) is 75.3 Å². The van der Waals surface area contributed by atoms with Gasteiger partial charge < -0.3 is 48.0 Å². The minimum Gasteiger partial charge on any atom is -0.371 e. The van der Waals surface area contributed by atoms with Crippen molar-refractivity contribution in [2.45, 2.75) is 29.1 Å². The molecule has 1 fully saturated rings. The Labute approximate surface area is 157 Å². The van der Waals surface area contributed by atoms with Crippen LogP contribution in [-0.2, 0) is 42.9 Å². The maximum Gasteiger partial charge on any atom is 0.254 e. The van der Waals surface area contributed by atoms with E-state index in [-0.39, 0.29) is 0 Å². The van der Waals surface area contributed by atoms with Gasteiger partial charge in [-0.2, -0.15) is 0 Å². The Balaban J connectivity index is 3.15. The number of ether oxygens (including phenoxy) is 5.